The first-order valence-electron chi connectivity index (χ1n) is 10.5. The zero-order valence-electron chi connectivity index (χ0n) is 17.7. The average Bonchev–Trinajstić information content (AvgIpc) is 3.09. The van der Waals surface area contributed by atoms with Crippen LogP contribution in [-0.4, -0.2) is 5.16 Å². The molecule has 1 aromatic heterocycles. The third kappa shape index (κ3) is 3.61. The zero-order valence-corrected chi connectivity index (χ0v) is 17.7. The van der Waals surface area contributed by atoms with Gasteiger partial charge in [-0.2, -0.15) is 0 Å². The summed E-state index contributed by atoms with van der Waals surface area (Å²) in [5.41, 5.74) is 10.5. The number of nitrogens with zero attached hydrogens (tertiary/aromatic N) is 1. The van der Waals surface area contributed by atoms with Crippen molar-refractivity contribution in [1.29, 1.82) is 0 Å². The Bertz CT molecular complexity index is 1170. The minimum atomic E-state index is 0.832. The second-order valence-corrected chi connectivity index (χ2v) is 7.64. The summed E-state index contributed by atoms with van der Waals surface area (Å²) >= 11 is 0. The number of fused-ring (bicyclic) bond motifs is 1. The predicted molar refractivity (Wildman–Crippen MR) is 126 cm³/mol. The molecule has 2 nitrogen and oxygen atoms in total. The standard InChI is InChI=1S/C28H27NO/c1-5-11-23-19(3)16-17-21-12-7-9-14-24(21)26(23)18-22-13-8-10-15-25(22)28-20(4)30-29-27(28)6-2/h5,7-15,18H,1,3,6,16-17H2,2,4H3/b23-11+,26-18+. The Balaban J connectivity index is 1.98. The maximum absolute atomic E-state index is 5.53. The van der Waals surface area contributed by atoms with Crippen LogP contribution in [0.3, 0.4) is 0 Å². The van der Waals surface area contributed by atoms with Crippen molar-refractivity contribution >= 4 is 11.6 Å². The molecule has 0 unspecified atom stereocenters. The Morgan fingerprint density at radius 1 is 1.00 bits per heavy atom. The molecule has 0 saturated heterocycles. The Labute approximate surface area is 178 Å². The van der Waals surface area contributed by atoms with Crippen LogP contribution in [0.1, 0.15) is 41.5 Å². The molecule has 1 heterocycles. The largest absolute Gasteiger partial charge is 0.361 e. The van der Waals surface area contributed by atoms with Crippen LogP contribution >= 0.6 is 0 Å². The number of aryl methyl sites for hydroxylation is 3. The predicted octanol–water partition coefficient (Wildman–Crippen LogP) is 7.37. The van der Waals surface area contributed by atoms with Crippen molar-refractivity contribution in [2.45, 2.75) is 33.1 Å². The SMILES string of the molecule is C=C/C=C1\C(=C)CCc2ccccc2\C1=C\c1ccccc1-c1c(CC)noc1C. The molecule has 3 aromatic rings. The van der Waals surface area contributed by atoms with Gasteiger partial charge in [0, 0.05) is 5.56 Å². The van der Waals surface area contributed by atoms with Crippen LogP contribution in [0.5, 0.6) is 0 Å². The highest BCUT2D eigenvalue weighted by molar-refractivity contribution is 5.98. The first-order chi connectivity index (χ1) is 14.6. The van der Waals surface area contributed by atoms with Gasteiger partial charge in [-0.3, -0.25) is 0 Å². The van der Waals surface area contributed by atoms with Crippen molar-refractivity contribution in [3.8, 4) is 11.1 Å². The number of hydrogen-bond donors (Lipinski definition) is 0. The van der Waals surface area contributed by atoms with E-state index in [4.69, 9.17) is 4.52 Å². The fourth-order valence-corrected chi connectivity index (χ4v) is 4.25. The van der Waals surface area contributed by atoms with E-state index in [9.17, 15) is 0 Å². The molecule has 1 aliphatic rings. The highest BCUT2D eigenvalue weighted by Gasteiger charge is 2.21. The molecule has 0 saturated carbocycles. The summed E-state index contributed by atoms with van der Waals surface area (Å²) in [4.78, 5) is 0. The van der Waals surface area contributed by atoms with Gasteiger partial charge in [-0.15, -0.1) is 0 Å². The molecule has 2 heteroatoms. The molecule has 0 radical (unpaired) electrons. The van der Waals surface area contributed by atoms with Gasteiger partial charge in [0.1, 0.15) is 5.76 Å². The second kappa shape index (κ2) is 8.54. The summed E-state index contributed by atoms with van der Waals surface area (Å²) in [7, 11) is 0. The molecule has 0 fully saturated rings. The minimum absolute atomic E-state index is 0.832. The van der Waals surface area contributed by atoms with Crippen molar-refractivity contribution < 1.29 is 4.52 Å². The Morgan fingerprint density at radius 3 is 2.50 bits per heavy atom. The van der Waals surface area contributed by atoms with E-state index in [0.717, 1.165) is 58.6 Å². The molecule has 0 atom stereocenters. The minimum Gasteiger partial charge on any atom is -0.361 e. The lowest BCUT2D eigenvalue weighted by Gasteiger charge is -2.15. The zero-order chi connectivity index (χ0) is 21.1. The summed E-state index contributed by atoms with van der Waals surface area (Å²) in [5, 5.41) is 4.27. The molecular weight excluding hydrogens is 366 g/mol. The average molecular weight is 394 g/mol. The monoisotopic (exact) mass is 393 g/mol. The van der Waals surface area contributed by atoms with Crippen LogP contribution < -0.4 is 0 Å². The van der Waals surface area contributed by atoms with Gasteiger partial charge in [-0.1, -0.05) is 85.9 Å². The fraction of sp³-hybridized carbons (Fsp3) is 0.179. The molecule has 30 heavy (non-hydrogen) atoms. The Morgan fingerprint density at radius 2 is 1.73 bits per heavy atom. The topological polar surface area (TPSA) is 26.0 Å². The molecule has 0 amide bonds. The third-order valence-electron chi connectivity index (χ3n) is 5.76. The number of rotatable bonds is 4. The smallest absolute Gasteiger partial charge is 0.141 e. The number of benzene rings is 2. The van der Waals surface area contributed by atoms with E-state index >= 15 is 0 Å². The van der Waals surface area contributed by atoms with E-state index in [-0.39, 0.29) is 0 Å². The van der Waals surface area contributed by atoms with Gasteiger partial charge in [0.25, 0.3) is 0 Å². The molecule has 0 spiro atoms. The van der Waals surface area contributed by atoms with E-state index in [1.165, 1.54) is 16.7 Å². The second-order valence-electron chi connectivity index (χ2n) is 7.64. The third-order valence-corrected chi connectivity index (χ3v) is 5.76. The summed E-state index contributed by atoms with van der Waals surface area (Å²) in [6.45, 7) is 12.4. The molecule has 0 aliphatic heterocycles. The van der Waals surface area contributed by atoms with E-state index < -0.39 is 0 Å². The normalized spacial score (nSPS) is 16.5. The van der Waals surface area contributed by atoms with E-state index in [0.29, 0.717) is 0 Å². The Hall–Kier alpha value is -3.39. The van der Waals surface area contributed by atoms with Crippen molar-refractivity contribution in [2.24, 2.45) is 0 Å². The lowest BCUT2D eigenvalue weighted by molar-refractivity contribution is 0.391. The molecule has 1 aliphatic carbocycles. The van der Waals surface area contributed by atoms with Crippen LogP contribution in [-0.2, 0) is 12.8 Å². The van der Waals surface area contributed by atoms with E-state index in [1.807, 2.05) is 13.0 Å². The highest BCUT2D eigenvalue weighted by atomic mass is 16.5. The highest BCUT2D eigenvalue weighted by Crippen LogP contribution is 2.39. The first kappa shape index (κ1) is 19.9. The van der Waals surface area contributed by atoms with E-state index in [2.05, 4.69) is 85.9 Å². The van der Waals surface area contributed by atoms with Gasteiger partial charge in [0.15, 0.2) is 0 Å². The summed E-state index contributed by atoms with van der Waals surface area (Å²) in [5.74, 6) is 0.852. The van der Waals surface area contributed by atoms with Crippen LogP contribution in [0.25, 0.3) is 22.8 Å². The first-order valence-corrected chi connectivity index (χ1v) is 10.5. The summed E-state index contributed by atoms with van der Waals surface area (Å²) < 4.78 is 5.53. The van der Waals surface area contributed by atoms with Crippen molar-refractivity contribution in [1.82, 2.24) is 5.16 Å². The molecular formula is C28H27NO. The van der Waals surface area contributed by atoms with Crippen LogP contribution in [0.4, 0.5) is 0 Å². The van der Waals surface area contributed by atoms with Gasteiger partial charge in [0.05, 0.1) is 5.69 Å². The van der Waals surface area contributed by atoms with Gasteiger partial charge in [0.2, 0.25) is 0 Å². The number of aromatic nitrogens is 1. The number of hydrogen-bond acceptors (Lipinski definition) is 2. The lowest BCUT2D eigenvalue weighted by atomic mass is 9.89. The van der Waals surface area contributed by atoms with Crippen molar-refractivity contribution in [3.63, 3.8) is 0 Å². The van der Waals surface area contributed by atoms with Gasteiger partial charge in [-0.05, 0) is 71.2 Å². The quantitative estimate of drug-likeness (QED) is 0.433. The molecule has 150 valence electrons. The van der Waals surface area contributed by atoms with Crippen LogP contribution in [0.2, 0.25) is 0 Å². The van der Waals surface area contributed by atoms with Crippen molar-refractivity contribution in [3.05, 3.63) is 113 Å². The van der Waals surface area contributed by atoms with Crippen LogP contribution in [0, 0.1) is 6.92 Å². The molecule has 0 bridgehead atoms. The van der Waals surface area contributed by atoms with Gasteiger partial charge < -0.3 is 4.52 Å². The fourth-order valence-electron chi connectivity index (χ4n) is 4.25. The van der Waals surface area contributed by atoms with E-state index in [1.54, 1.807) is 0 Å². The van der Waals surface area contributed by atoms with Gasteiger partial charge in [-0.25, -0.2) is 0 Å². The Kier molecular flexibility index (Phi) is 5.67. The van der Waals surface area contributed by atoms with Gasteiger partial charge >= 0.3 is 0 Å². The summed E-state index contributed by atoms with van der Waals surface area (Å²) in [6.07, 6.45) is 8.99. The molecule has 4 rings (SSSR count). The van der Waals surface area contributed by atoms with Crippen molar-refractivity contribution in [2.75, 3.05) is 0 Å². The molecule has 2 aromatic carbocycles. The van der Waals surface area contributed by atoms with Crippen LogP contribution in [0.15, 0.2) is 89.5 Å². The maximum atomic E-state index is 5.53. The summed E-state index contributed by atoms with van der Waals surface area (Å²) in [6, 6.07) is 17.1. The molecule has 0 N–H and O–H groups in total. The lowest BCUT2D eigenvalue weighted by Crippen LogP contribution is -1.94. The maximum Gasteiger partial charge on any atom is 0.141 e. The number of allylic oxidation sites excluding steroid dienone is 5.